The van der Waals surface area contributed by atoms with Crippen LogP contribution in [0.1, 0.15) is 17.2 Å². The van der Waals surface area contributed by atoms with E-state index in [4.69, 9.17) is 10.8 Å². The Morgan fingerprint density at radius 3 is 2.60 bits per heavy atom. The van der Waals surface area contributed by atoms with E-state index < -0.39 is 0 Å². The summed E-state index contributed by atoms with van der Waals surface area (Å²) < 4.78 is 0. The number of rotatable bonds is 5. The van der Waals surface area contributed by atoms with Crippen molar-refractivity contribution in [1.29, 1.82) is 0 Å². The van der Waals surface area contributed by atoms with E-state index in [-0.39, 0.29) is 12.6 Å². The van der Waals surface area contributed by atoms with E-state index in [1.54, 1.807) is 0 Å². The molecule has 3 N–H and O–H groups in total. The number of aliphatic hydroxyl groups is 1. The molecule has 0 radical (unpaired) electrons. The first-order chi connectivity index (χ1) is 7.20. The van der Waals surface area contributed by atoms with Gasteiger partial charge in [-0.2, -0.15) is 0 Å². The van der Waals surface area contributed by atoms with Crippen LogP contribution in [0.3, 0.4) is 0 Å². The maximum atomic E-state index is 8.91. The predicted molar refractivity (Wildman–Crippen MR) is 62.7 cm³/mol. The van der Waals surface area contributed by atoms with E-state index in [0.29, 0.717) is 13.1 Å². The summed E-state index contributed by atoms with van der Waals surface area (Å²) in [6.45, 7) is 3.47. The fourth-order valence-electron chi connectivity index (χ4n) is 1.82. The molecule has 0 saturated heterocycles. The molecule has 15 heavy (non-hydrogen) atoms. The molecule has 0 fully saturated rings. The second-order valence-corrected chi connectivity index (χ2v) is 3.81. The first kappa shape index (κ1) is 12.2. The lowest BCUT2D eigenvalue weighted by molar-refractivity contribution is 0.183. The van der Waals surface area contributed by atoms with Crippen molar-refractivity contribution in [3.05, 3.63) is 35.4 Å². The molecule has 0 aliphatic heterocycles. The van der Waals surface area contributed by atoms with Crippen LogP contribution in [0.4, 0.5) is 0 Å². The molecule has 1 atom stereocenters. The van der Waals surface area contributed by atoms with Crippen LogP contribution >= 0.6 is 0 Å². The number of nitrogens with zero attached hydrogens (tertiary/aromatic N) is 1. The molecule has 1 rings (SSSR count). The highest BCUT2D eigenvalue weighted by Gasteiger charge is 2.16. The molecule has 3 heteroatoms. The normalized spacial score (nSPS) is 13.1. The van der Waals surface area contributed by atoms with Crippen molar-refractivity contribution in [1.82, 2.24) is 4.90 Å². The van der Waals surface area contributed by atoms with E-state index >= 15 is 0 Å². The van der Waals surface area contributed by atoms with Crippen LogP contribution in [-0.2, 0) is 0 Å². The Bertz CT molecular complexity index is 301. The van der Waals surface area contributed by atoms with Crippen molar-refractivity contribution in [3.63, 3.8) is 0 Å². The highest BCUT2D eigenvalue weighted by atomic mass is 16.3. The van der Waals surface area contributed by atoms with Crippen molar-refractivity contribution < 1.29 is 5.11 Å². The first-order valence-corrected chi connectivity index (χ1v) is 5.27. The molecule has 0 bridgehead atoms. The molecule has 0 saturated carbocycles. The maximum Gasteiger partial charge on any atom is 0.0558 e. The van der Waals surface area contributed by atoms with Gasteiger partial charge in [0.05, 0.1) is 6.61 Å². The first-order valence-electron chi connectivity index (χ1n) is 5.27. The van der Waals surface area contributed by atoms with Crippen LogP contribution in [0.2, 0.25) is 0 Å². The van der Waals surface area contributed by atoms with Gasteiger partial charge in [0.2, 0.25) is 0 Å². The van der Waals surface area contributed by atoms with Gasteiger partial charge in [-0.3, -0.25) is 4.90 Å². The smallest absolute Gasteiger partial charge is 0.0558 e. The number of aliphatic hydroxyl groups excluding tert-OH is 1. The number of nitrogens with two attached hydrogens (primary N) is 1. The van der Waals surface area contributed by atoms with E-state index in [1.165, 1.54) is 11.1 Å². The number of likely N-dealkylation sites (N-methyl/N-ethyl adjacent to an activating group) is 1. The van der Waals surface area contributed by atoms with Crippen molar-refractivity contribution in [3.8, 4) is 0 Å². The summed E-state index contributed by atoms with van der Waals surface area (Å²) in [5.41, 5.74) is 8.28. The van der Waals surface area contributed by atoms with Crippen LogP contribution in [0.15, 0.2) is 24.3 Å². The summed E-state index contributed by atoms with van der Waals surface area (Å²) in [4.78, 5) is 2.09. The van der Waals surface area contributed by atoms with Gasteiger partial charge in [0.1, 0.15) is 0 Å². The highest BCUT2D eigenvalue weighted by molar-refractivity contribution is 5.29. The average Bonchev–Trinajstić information content (AvgIpc) is 2.22. The molecule has 0 aromatic heterocycles. The van der Waals surface area contributed by atoms with Gasteiger partial charge >= 0.3 is 0 Å². The predicted octanol–water partition coefficient (Wildman–Crippen LogP) is 0.919. The van der Waals surface area contributed by atoms with Gasteiger partial charge in [-0.25, -0.2) is 0 Å². The summed E-state index contributed by atoms with van der Waals surface area (Å²) in [7, 11) is 1.99. The lowest BCUT2D eigenvalue weighted by atomic mass is 10.0. The molecule has 0 amide bonds. The van der Waals surface area contributed by atoms with Gasteiger partial charge < -0.3 is 10.8 Å². The fourth-order valence-corrected chi connectivity index (χ4v) is 1.82. The minimum atomic E-state index is 0.166. The minimum absolute atomic E-state index is 0.166. The molecule has 0 heterocycles. The molecule has 0 aliphatic rings. The second kappa shape index (κ2) is 5.85. The standard InChI is InChI=1S/C12H20N2O/c1-10-5-3-4-6-11(10)12(9-13)14(2)7-8-15/h3-6,12,15H,7-9,13H2,1-2H3. The Kier molecular flexibility index (Phi) is 4.75. The van der Waals surface area contributed by atoms with Crippen molar-refractivity contribution in [2.75, 3.05) is 26.7 Å². The van der Waals surface area contributed by atoms with Gasteiger partial charge in [-0.1, -0.05) is 24.3 Å². The molecule has 0 spiro atoms. The van der Waals surface area contributed by atoms with E-state index in [2.05, 4.69) is 24.0 Å². The maximum absolute atomic E-state index is 8.91. The molecular formula is C12H20N2O. The van der Waals surface area contributed by atoms with Gasteiger partial charge in [-0.15, -0.1) is 0 Å². The lowest BCUT2D eigenvalue weighted by Crippen LogP contribution is -2.33. The fraction of sp³-hybridized carbons (Fsp3) is 0.500. The number of hydrogen-bond acceptors (Lipinski definition) is 3. The molecule has 84 valence electrons. The van der Waals surface area contributed by atoms with E-state index in [9.17, 15) is 0 Å². The van der Waals surface area contributed by atoms with Gasteiger partial charge in [0, 0.05) is 19.1 Å². The van der Waals surface area contributed by atoms with Crippen molar-refractivity contribution >= 4 is 0 Å². The zero-order valence-corrected chi connectivity index (χ0v) is 9.48. The van der Waals surface area contributed by atoms with Crippen LogP contribution < -0.4 is 5.73 Å². The van der Waals surface area contributed by atoms with Crippen molar-refractivity contribution in [2.24, 2.45) is 5.73 Å². The zero-order valence-electron chi connectivity index (χ0n) is 9.48. The monoisotopic (exact) mass is 208 g/mol. The van der Waals surface area contributed by atoms with Crippen LogP contribution in [-0.4, -0.2) is 36.8 Å². The SMILES string of the molecule is Cc1ccccc1C(CN)N(C)CCO. The Morgan fingerprint density at radius 1 is 1.40 bits per heavy atom. The van der Waals surface area contributed by atoms with Crippen LogP contribution in [0.5, 0.6) is 0 Å². The van der Waals surface area contributed by atoms with Gasteiger partial charge in [0.15, 0.2) is 0 Å². The summed E-state index contributed by atoms with van der Waals surface area (Å²) in [6, 6.07) is 8.43. The van der Waals surface area contributed by atoms with E-state index in [1.807, 2.05) is 19.2 Å². The summed E-state index contributed by atoms with van der Waals surface area (Å²) in [6.07, 6.45) is 0. The number of aryl methyl sites for hydroxylation is 1. The average molecular weight is 208 g/mol. The van der Waals surface area contributed by atoms with Crippen molar-refractivity contribution in [2.45, 2.75) is 13.0 Å². The molecule has 1 unspecified atom stereocenters. The van der Waals surface area contributed by atoms with Gasteiger partial charge in [-0.05, 0) is 25.1 Å². The third-order valence-corrected chi connectivity index (χ3v) is 2.76. The lowest BCUT2D eigenvalue weighted by Gasteiger charge is -2.27. The largest absolute Gasteiger partial charge is 0.395 e. The quantitative estimate of drug-likeness (QED) is 0.756. The van der Waals surface area contributed by atoms with Gasteiger partial charge in [0.25, 0.3) is 0 Å². The summed E-state index contributed by atoms with van der Waals surface area (Å²) in [5.74, 6) is 0. The molecule has 1 aromatic rings. The van der Waals surface area contributed by atoms with E-state index in [0.717, 1.165) is 0 Å². The third-order valence-electron chi connectivity index (χ3n) is 2.76. The molecule has 0 aliphatic carbocycles. The Balaban J connectivity index is 2.87. The molecule has 1 aromatic carbocycles. The van der Waals surface area contributed by atoms with Crippen LogP contribution in [0, 0.1) is 6.92 Å². The summed E-state index contributed by atoms with van der Waals surface area (Å²) >= 11 is 0. The van der Waals surface area contributed by atoms with Crippen LogP contribution in [0.25, 0.3) is 0 Å². The topological polar surface area (TPSA) is 49.5 Å². The number of benzene rings is 1. The highest BCUT2D eigenvalue weighted by Crippen LogP contribution is 2.21. The Labute approximate surface area is 91.5 Å². The summed E-state index contributed by atoms with van der Waals surface area (Å²) in [5, 5.41) is 8.91. The molecule has 3 nitrogen and oxygen atoms in total. The Hall–Kier alpha value is -0.900. The zero-order chi connectivity index (χ0) is 11.3. The second-order valence-electron chi connectivity index (χ2n) is 3.81. The number of hydrogen-bond donors (Lipinski definition) is 2. The minimum Gasteiger partial charge on any atom is -0.395 e. The Morgan fingerprint density at radius 2 is 2.07 bits per heavy atom. The third kappa shape index (κ3) is 3.02. The molecular weight excluding hydrogens is 188 g/mol.